The number of anilines is 2. The molecule has 1 amide bonds. The number of hydrogen-bond donors (Lipinski definition) is 2. The first-order valence-electron chi connectivity index (χ1n) is 5.51. The Morgan fingerprint density at radius 1 is 1.42 bits per heavy atom. The molecular weight excluding hydrogens is 280 g/mol. The molecule has 19 heavy (non-hydrogen) atoms. The molecule has 2 aromatic heterocycles. The van der Waals surface area contributed by atoms with Crippen molar-refractivity contribution in [1.82, 2.24) is 9.97 Å². The molecule has 96 valence electrons. The first kappa shape index (κ1) is 12.1. The summed E-state index contributed by atoms with van der Waals surface area (Å²) in [7, 11) is 0. The predicted octanol–water partition coefficient (Wildman–Crippen LogP) is 2.90. The number of nitrogens with one attached hydrogen (secondary N) is 1. The van der Waals surface area contributed by atoms with E-state index in [4.69, 9.17) is 5.73 Å². The van der Waals surface area contributed by atoms with Gasteiger partial charge in [0.05, 0.1) is 21.4 Å². The van der Waals surface area contributed by atoms with Crippen LogP contribution in [0, 0.1) is 6.92 Å². The fraction of sp³-hybridized carbons (Fsp3) is 0.0833. The van der Waals surface area contributed by atoms with Gasteiger partial charge in [-0.2, -0.15) is 0 Å². The number of nitrogens with two attached hydrogens (primary N) is 1. The summed E-state index contributed by atoms with van der Waals surface area (Å²) >= 11 is 2.72. The Hall–Kier alpha value is -1.99. The van der Waals surface area contributed by atoms with E-state index in [0.717, 1.165) is 15.9 Å². The molecule has 0 saturated carbocycles. The van der Waals surface area contributed by atoms with E-state index < -0.39 is 0 Å². The molecule has 3 aromatic rings. The van der Waals surface area contributed by atoms with Gasteiger partial charge in [-0.15, -0.1) is 11.3 Å². The second kappa shape index (κ2) is 4.60. The minimum absolute atomic E-state index is 0.174. The molecule has 0 unspecified atom stereocenters. The summed E-state index contributed by atoms with van der Waals surface area (Å²) in [4.78, 5) is 21.1. The summed E-state index contributed by atoms with van der Waals surface area (Å²) in [6, 6.07) is 5.48. The molecule has 3 rings (SSSR count). The second-order valence-electron chi connectivity index (χ2n) is 3.97. The quantitative estimate of drug-likeness (QED) is 0.711. The van der Waals surface area contributed by atoms with Gasteiger partial charge in [0.25, 0.3) is 5.91 Å². The van der Waals surface area contributed by atoms with Crippen LogP contribution in [-0.2, 0) is 0 Å². The van der Waals surface area contributed by atoms with E-state index in [1.165, 1.54) is 22.7 Å². The van der Waals surface area contributed by atoms with Gasteiger partial charge in [0.1, 0.15) is 4.88 Å². The summed E-state index contributed by atoms with van der Waals surface area (Å²) in [6.07, 6.45) is 0. The monoisotopic (exact) mass is 290 g/mol. The van der Waals surface area contributed by atoms with Crippen LogP contribution in [-0.4, -0.2) is 15.9 Å². The summed E-state index contributed by atoms with van der Waals surface area (Å²) in [6.45, 7) is 1.81. The van der Waals surface area contributed by atoms with E-state index in [1.54, 1.807) is 11.6 Å². The zero-order valence-corrected chi connectivity index (χ0v) is 11.6. The Morgan fingerprint density at radius 3 is 3.00 bits per heavy atom. The minimum atomic E-state index is -0.174. The Morgan fingerprint density at radius 2 is 2.26 bits per heavy atom. The van der Waals surface area contributed by atoms with Crippen molar-refractivity contribution in [3.8, 4) is 0 Å². The Bertz CT molecular complexity index is 762. The molecule has 0 aliphatic rings. The molecule has 3 N–H and O–H groups in total. The van der Waals surface area contributed by atoms with Gasteiger partial charge >= 0.3 is 0 Å². The Labute approximate surface area is 117 Å². The van der Waals surface area contributed by atoms with E-state index >= 15 is 0 Å². The first-order valence-corrected chi connectivity index (χ1v) is 7.20. The summed E-state index contributed by atoms with van der Waals surface area (Å²) in [5.74, 6) is -0.174. The summed E-state index contributed by atoms with van der Waals surface area (Å²) in [5, 5.41) is 3.36. The van der Waals surface area contributed by atoms with Crippen molar-refractivity contribution in [3.63, 3.8) is 0 Å². The molecule has 0 aliphatic carbocycles. The molecule has 7 heteroatoms. The van der Waals surface area contributed by atoms with Crippen LogP contribution in [0.25, 0.3) is 10.2 Å². The maximum Gasteiger partial charge on any atom is 0.269 e. The number of nitrogen functional groups attached to an aromatic ring is 1. The second-order valence-corrected chi connectivity index (χ2v) is 5.85. The number of aromatic nitrogens is 2. The van der Waals surface area contributed by atoms with Crippen LogP contribution in [0.1, 0.15) is 15.4 Å². The number of benzene rings is 1. The van der Waals surface area contributed by atoms with Crippen LogP contribution in [0.2, 0.25) is 0 Å². The first-order chi connectivity index (χ1) is 9.13. The molecule has 0 saturated heterocycles. The molecular formula is C12H10N4OS2. The lowest BCUT2D eigenvalue weighted by molar-refractivity contribution is 0.103. The van der Waals surface area contributed by atoms with E-state index in [0.29, 0.717) is 15.7 Å². The van der Waals surface area contributed by atoms with E-state index in [9.17, 15) is 4.79 Å². The summed E-state index contributed by atoms with van der Waals surface area (Å²) in [5.41, 5.74) is 9.62. The van der Waals surface area contributed by atoms with Crippen molar-refractivity contribution in [1.29, 1.82) is 0 Å². The van der Waals surface area contributed by atoms with Crippen molar-refractivity contribution >= 4 is 49.6 Å². The fourth-order valence-corrected chi connectivity index (χ4v) is 3.28. The molecule has 0 radical (unpaired) electrons. The Kier molecular flexibility index (Phi) is 2.92. The maximum absolute atomic E-state index is 12.0. The number of carbonyl (C=O) groups is 1. The lowest BCUT2D eigenvalue weighted by Crippen LogP contribution is -2.11. The minimum Gasteiger partial charge on any atom is -0.399 e. The van der Waals surface area contributed by atoms with Gasteiger partial charge in [-0.1, -0.05) is 11.3 Å². The highest BCUT2D eigenvalue weighted by atomic mass is 32.1. The van der Waals surface area contributed by atoms with Crippen LogP contribution in [0.15, 0.2) is 23.7 Å². The largest absolute Gasteiger partial charge is 0.399 e. The third-order valence-corrected chi connectivity index (χ3v) is 4.45. The van der Waals surface area contributed by atoms with Gasteiger partial charge < -0.3 is 5.73 Å². The number of carbonyl (C=O) groups excluding carboxylic acids is 1. The standard InChI is InChI=1S/C12H10N4OS2/c1-6-10(18-5-14-6)11(17)16-12-15-8-3-2-7(13)4-9(8)19-12/h2-5H,13H2,1H3,(H,15,16,17). The van der Waals surface area contributed by atoms with E-state index in [-0.39, 0.29) is 5.91 Å². The van der Waals surface area contributed by atoms with Gasteiger partial charge in [0.15, 0.2) is 5.13 Å². The highest BCUT2D eigenvalue weighted by Gasteiger charge is 2.14. The SMILES string of the molecule is Cc1ncsc1C(=O)Nc1nc2ccc(N)cc2s1. The highest BCUT2D eigenvalue weighted by molar-refractivity contribution is 7.22. The van der Waals surface area contributed by atoms with Crippen molar-refractivity contribution in [2.45, 2.75) is 6.92 Å². The maximum atomic E-state index is 12.0. The molecule has 0 atom stereocenters. The zero-order valence-electron chi connectivity index (χ0n) is 10.0. The smallest absolute Gasteiger partial charge is 0.269 e. The lowest BCUT2D eigenvalue weighted by Gasteiger charge is -1.98. The van der Waals surface area contributed by atoms with Gasteiger partial charge in [0, 0.05) is 5.69 Å². The third-order valence-electron chi connectivity index (χ3n) is 2.58. The number of aryl methyl sites for hydroxylation is 1. The van der Waals surface area contributed by atoms with Crippen LogP contribution < -0.4 is 11.1 Å². The Balaban J connectivity index is 1.89. The zero-order chi connectivity index (χ0) is 13.4. The normalized spacial score (nSPS) is 10.8. The fourth-order valence-electron chi connectivity index (χ4n) is 1.67. The van der Waals surface area contributed by atoms with Gasteiger partial charge in [-0.3, -0.25) is 10.1 Å². The van der Waals surface area contributed by atoms with Crippen molar-refractivity contribution in [3.05, 3.63) is 34.3 Å². The average molecular weight is 290 g/mol. The molecule has 2 heterocycles. The predicted molar refractivity (Wildman–Crippen MR) is 78.8 cm³/mol. The van der Waals surface area contributed by atoms with Crippen molar-refractivity contribution in [2.24, 2.45) is 0 Å². The molecule has 0 fully saturated rings. The number of nitrogens with zero attached hydrogens (tertiary/aromatic N) is 2. The third kappa shape index (κ3) is 2.29. The number of amides is 1. The van der Waals surface area contributed by atoms with Crippen LogP contribution in [0.4, 0.5) is 10.8 Å². The molecule has 0 bridgehead atoms. The van der Waals surface area contributed by atoms with E-state index in [1.807, 2.05) is 19.1 Å². The number of thiazole rings is 2. The lowest BCUT2D eigenvalue weighted by atomic mass is 10.3. The number of fused-ring (bicyclic) bond motifs is 1. The molecule has 5 nitrogen and oxygen atoms in total. The summed E-state index contributed by atoms with van der Waals surface area (Å²) < 4.78 is 0.955. The van der Waals surface area contributed by atoms with Gasteiger partial charge in [-0.05, 0) is 25.1 Å². The van der Waals surface area contributed by atoms with Gasteiger partial charge in [-0.25, -0.2) is 9.97 Å². The molecule has 0 spiro atoms. The van der Waals surface area contributed by atoms with E-state index in [2.05, 4.69) is 15.3 Å². The van der Waals surface area contributed by atoms with Crippen LogP contribution >= 0.6 is 22.7 Å². The van der Waals surface area contributed by atoms with Crippen LogP contribution in [0.5, 0.6) is 0 Å². The number of hydrogen-bond acceptors (Lipinski definition) is 6. The average Bonchev–Trinajstić information content (AvgIpc) is 2.94. The highest BCUT2D eigenvalue weighted by Crippen LogP contribution is 2.28. The van der Waals surface area contributed by atoms with Crippen molar-refractivity contribution in [2.75, 3.05) is 11.1 Å². The number of rotatable bonds is 2. The van der Waals surface area contributed by atoms with Crippen LogP contribution in [0.3, 0.4) is 0 Å². The van der Waals surface area contributed by atoms with Gasteiger partial charge in [0.2, 0.25) is 0 Å². The molecule has 1 aromatic carbocycles. The van der Waals surface area contributed by atoms with Crippen molar-refractivity contribution < 1.29 is 4.79 Å². The molecule has 0 aliphatic heterocycles. The topological polar surface area (TPSA) is 80.9 Å².